The summed E-state index contributed by atoms with van der Waals surface area (Å²) in [5, 5.41) is 12.7. The van der Waals surface area contributed by atoms with Gasteiger partial charge in [0, 0.05) is 19.2 Å². The first-order chi connectivity index (χ1) is 6.42. The molecule has 0 aromatic rings. The Morgan fingerprint density at radius 3 is 2.77 bits per heavy atom. The van der Waals surface area contributed by atoms with Gasteiger partial charge in [-0.05, 0) is 44.8 Å². The van der Waals surface area contributed by atoms with Crippen LogP contribution in [0.3, 0.4) is 0 Å². The number of likely N-dealkylation sites (tertiary alicyclic amines) is 1. The molecule has 0 radical (unpaired) electrons. The molecule has 0 aromatic heterocycles. The van der Waals surface area contributed by atoms with Gasteiger partial charge in [0.15, 0.2) is 0 Å². The summed E-state index contributed by atoms with van der Waals surface area (Å²) in [5.74, 6) is 0.513. The first-order valence-corrected chi connectivity index (χ1v) is 5.47. The molecule has 13 heavy (non-hydrogen) atoms. The van der Waals surface area contributed by atoms with E-state index in [1.807, 2.05) is 0 Å². The van der Waals surface area contributed by atoms with Crippen LogP contribution in [0.2, 0.25) is 0 Å². The molecule has 2 atom stereocenters. The maximum Gasteiger partial charge on any atom is 0.0475 e. The topological polar surface area (TPSA) is 35.5 Å². The van der Waals surface area contributed by atoms with Crippen molar-refractivity contribution in [2.75, 3.05) is 32.8 Å². The zero-order chi connectivity index (χ0) is 9.10. The molecular weight excluding hydrogens is 164 g/mol. The fraction of sp³-hybridized carbons (Fsp3) is 1.00. The van der Waals surface area contributed by atoms with Gasteiger partial charge in [-0.1, -0.05) is 0 Å². The van der Waals surface area contributed by atoms with Crippen molar-refractivity contribution in [3.05, 3.63) is 0 Å². The molecule has 3 heteroatoms. The Morgan fingerprint density at radius 2 is 2.08 bits per heavy atom. The van der Waals surface area contributed by atoms with Gasteiger partial charge in [0.05, 0.1) is 0 Å². The van der Waals surface area contributed by atoms with Gasteiger partial charge in [-0.25, -0.2) is 0 Å². The maximum atomic E-state index is 9.27. The van der Waals surface area contributed by atoms with E-state index in [-0.39, 0.29) is 0 Å². The van der Waals surface area contributed by atoms with E-state index in [2.05, 4.69) is 10.2 Å². The van der Waals surface area contributed by atoms with Crippen LogP contribution in [0.5, 0.6) is 0 Å². The first-order valence-electron chi connectivity index (χ1n) is 5.47. The lowest BCUT2D eigenvalue weighted by atomic mass is 9.92. The molecule has 3 nitrogen and oxygen atoms in total. The van der Waals surface area contributed by atoms with Crippen LogP contribution in [-0.2, 0) is 0 Å². The van der Waals surface area contributed by atoms with Gasteiger partial charge in [0.2, 0.25) is 0 Å². The lowest BCUT2D eigenvalue weighted by Crippen LogP contribution is -2.51. The lowest BCUT2D eigenvalue weighted by molar-refractivity contribution is 0.0904. The van der Waals surface area contributed by atoms with Crippen molar-refractivity contribution in [1.29, 1.82) is 0 Å². The van der Waals surface area contributed by atoms with Gasteiger partial charge in [0.1, 0.15) is 0 Å². The molecule has 2 saturated heterocycles. The Morgan fingerprint density at radius 1 is 1.31 bits per heavy atom. The second-order valence-corrected chi connectivity index (χ2v) is 4.25. The number of hydrogen-bond acceptors (Lipinski definition) is 3. The van der Waals surface area contributed by atoms with Gasteiger partial charge < -0.3 is 10.4 Å². The molecule has 2 rings (SSSR count). The van der Waals surface area contributed by atoms with Crippen molar-refractivity contribution in [3.63, 3.8) is 0 Å². The summed E-state index contributed by atoms with van der Waals surface area (Å²) in [4.78, 5) is 2.55. The number of aliphatic hydroxyl groups is 1. The average molecular weight is 184 g/mol. The maximum absolute atomic E-state index is 9.27. The fourth-order valence-corrected chi connectivity index (χ4v) is 2.61. The van der Waals surface area contributed by atoms with Crippen LogP contribution in [0.25, 0.3) is 0 Å². The highest BCUT2D eigenvalue weighted by Gasteiger charge is 2.30. The lowest BCUT2D eigenvalue weighted by Gasteiger charge is -2.37. The number of aliphatic hydroxyl groups excluding tert-OH is 1. The van der Waals surface area contributed by atoms with Gasteiger partial charge >= 0.3 is 0 Å². The van der Waals surface area contributed by atoms with Crippen molar-refractivity contribution < 1.29 is 5.11 Å². The summed E-state index contributed by atoms with van der Waals surface area (Å²) >= 11 is 0. The Balaban J connectivity index is 1.93. The molecule has 2 aliphatic heterocycles. The van der Waals surface area contributed by atoms with Crippen LogP contribution in [-0.4, -0.2) is 48.8 Å². The quantitative estimate of drug-likeness (QED) is 0.636. The molecule has 0 aliphatic carbocycles. The van der Waals surface area contributed by atoms with E-state index >= 15 is 0 Å². The highest BCUT2D eigenvalue weighted by Crippen LogP contribution is 2.21. The summed E-state index contributed by atoms with van der Waals surface area (Å²) in [6.07, 6.45) is 3.82. The van der Waals surface area contributed by atoms with Crippen LogP contribution in [0, 0.1) is 5.92 Å². The van der Waals surface area contributed by atoms with Gasteiger partial charge in [0.25, 0.3) is 0 Å². The predicted octanol–water partition coefficient (Wildman–Crippen LogP) is 0.0526. The normalized spacial score (nSPS) is 36.7. The molecule has 76 valence electrons. The number of piperidine rings is 1. The van der Waals surface area contributed by atoms with E-state index in [9.17, 15) is 5.11 Å². The largest absolute Gasteiger partial charge is 0.396 e. The molecule has 0 aromatic carbocycles. The molecule has 0 bridgehead atoms. The van der Waals surface area contributed by atoms with Gasteiger partial charge in [-0.2, -0.15) is 0 Å². The summed E-state index contributed by atoms with van der Waals surface area (Å²) in [6, 6.07) is 0.598. The van der Waals surface area contributed by atoms with Crippen LogP contribution in [0.15, 0.2) is 0 Å². The van der Waals surface area contributed by atoms with Crippen LogP contribution in [0.1, 0.15) is 19.3 Å². The highest BCUT2D eigenvalue weighted by molar-refractivity contribution is 4.87. The van der Waals surface area contributed by atoms with Crippen LogP contribution >= 0.6 is 0 Å². The second kappa shape index (κ2) is 4.40. The monoisotopic (exact) mass is 184 g/mol. The predicted molar refractivity (Wildman–Crippen MR) is 52.7 cm³/mol. The molecule has 0 spiro atoms. The third-order valence-electron chi connectivity index (χ3n) is 3.43. The average Bonchev–Trinajstić information content (AvgIpc) is 2.70. The van der Waals surface area contributed by atoms with Crippen LogP contribution in [0.4, 0.5) is 0 Å². The molecule has 2 heterocycles. The highest BCUT2D eigenvalue weighted by atomic mass is 16.3. The molecule has 0 amide bonds. The Bertz CT molecular complexity index is 155. The fourth-order valence-electron chi connectivity index (χ4n) is 2.61. The molecule has 0 saturated carbocycles. The summed E-state index contributed by atoms with van der Waals surface area (Å²) in [5.41, 5.74) is 0. The first kappa shape index (κ1) is 9.44. The zero-order valence-electron chi connectivity index (χ0n) is 8.21. The van der Waals surface area contributed by atoms with E-state index in [1.165, 1.54) is 25.9 Å². The van der Waals surface area contributed by atoms with E-state index in [1.54, 1.807) is 0 Å². The van der Waals surface area contributed by atoms with Crippen molar-refractivity contribution in [2.24, 2.45) is 5.92 Å². The van der Waals surface area contributed by atoms with Gasteiger partial charge in [-0.3, -0.25) is 4.90 Å². The minimum Gasteiger partial charge on any atom is -0.396 e. The smallest absolute Gasteiger partial charge is 0.0475 e. The summed E-state index contributed by atoms with van der Waals surface area (Å²) < 4.78 is 0. The third-order valence-corrected chi connectivity index (χ3v) is 3.43. The van der Waals surface area contributed by atoms with E-state index in [0.717, 1.165) is 19.5 Å². The molecular formula is C10H20N2O. The third kappa shape index (κ3) is 2.03. The van der Waals surface area contributed by atoms with Crippen molar-refractivity contribution in [2.45, 2.75) is 25.3 Å². The summed E-state index contributed by atoms with van der Waals surface area (Å²) in [6.45, 7) is 5.00. The minimum absolute atomic E-state index is 0.364. The Labute approximate surface area is 80.1 Å². The number of nitrogens with one attached hydrogen (secondary N) is 1. The SMILES string of the molecule is OCC1CCNCC1N1CCCC1. The molecule has 2 fully saturated rings. The number of hydrogen-bond donors (Lipinski definition) is 2. The number of nitrogens with zero attached hydrogens (tertiary/aromatic N) is 1. The molecule has 2 N–H and O–H groups in total. The molecule has 2 aliphatic rings. The minimum atomic E-state index is 0.364. The van der Waals surface area contributed by atoms with Crippen LogP contribution < -0.4 is 5.32 Å². The zero-order valence-corrected chi connectivity index (χ0v) is 8.21. The summed E-state index contributed by atoms with van der Waals surface area (Å²) in [7, 11) is 0. The Hall–Kier alpha value is -0.120. The Kier molecular flexibility index (Phi) is 3.19. The van der Waals surface area contributed by atoms with Crippen molar-refractivity contribution in [3.8, 4) is 0 Å². The van der Waals surface area contributed by atoms with Crippen molar-refractivity contribution in [1.82, 2.24) is 10.2 Å². The second-order valence-electron chi connectivity index (χ2n) is 4.25. The standard InChI is InChI=1S/C10H20N2O/c13-8-9-3-4-11-7-10(9)12-5-1-2-6-12/h9-11,13H,1-8H2. The van der Waals surface area contributed by atoms with E-state index in [0.29, 0.717) is 18.6 Å². The van der Waals surface area contributed by atoms with E-state index in [4.69, 9.17) is 0 Å². The molecule has 2 unspecified atom stereocenters. The van der Waals surface area contributed by atoms with Crippen molar-refractivity contribution >= 4 is 0 Å². The number of rotatable bonds is 2. The van der Waals surface area contributed by atoms with Gasteiger partial charge in [-0.15, -0.1) is 0 Å². The van der Waals surface area contributed by atoms with E-state index < -0.39 is 0 Å².